The zero-order chi connectivity index (χ0) is 21.3. The number of aromatic nitrogens is 2. The normalized spacial score (nSPS) is 12.5. The maximum atomic E-state index is 12.8. The Hall–Kier alpha value is -3.41. The van der Waals surface area contributed by atoms with Crippen molar-refractivity contribution in [2.45, 2.75) is 39.8 Å². The molecule has 0 aliphatic heterocycles. The van der Waals surface area contributed by atoms with E-state index in [1.54, 1.807) is 6.07 Å². The van der Waals surface area contributed by atoms with Crippen molar-refractivity contribution >= 4 is 28.0 Å². The topological polar surface area (TPSA) is 77.1 Å². The maximum Gasteiger partial charge on any atom is 0.297 e. The number of nitrogens with one attached hydrogen (secondary N) is 1. The van der Waals surface area contributed by atoms with Gasteiger partial charge in [-0.2, -0.15) is 0 Å². The minimum atomic E-state index is -0.364. The number of rotatable bonds is 6. The van der Waals surface area contributed by atoms with Gasteiger partial charge in [-0.1, -0.05) is 50.2 Å². The van der Waals surface area contributed by atoms with Crippen LogP contribution in [0.15, 0.2) is 64.1 Å². The van der Waals surface area contributed by atoms with Crippen LogP contribution in [0.5, 0.6) is 0 Å². The monoisotopic (exact) mass is 403 g/mol. The molecule has 0 spiro atoms. The molecular formula is C24H25N3O3. The van der Waals surface area contributed by atoms with Gasteiger partial charge in [-0.05, 0) is 42.5 Å². The molecular weight excluding hydrogens is 378 g/mol. The van der Waals surface area contributed by atoms with Crippen LogP contribution in [0.3, 0.4) is 0 Å². The molecule has 6 heteroatoms. The fourth-order valence-electron chi connectivity index (χ4n) is 3.67. The molecule has 0 radical (unpaired) electrons. The summed E-state index contributed by atoms with van der Waals surface area (Å²) in [6, 6.07) is 15.5. The van der Waals surface area contributed by atoms with E-state index in [4.69, 9.17) is 4.42 Å². The number of furan rings is 1. The number of para-hydroxylation sites is 1. The summed E-state index contributed by atoms with van der Waals surface area (Å²) in [4.78, 5) is 29.6. The third kappa shape index (κ3) is 3.99. The van der Waals surface area contributed by atoms with Crippen molar-refractivity contribution in [3.63, 3.8) is 0 Å². The predicted molar refractivity (Wildman–Crippen MR) is 117 cm³/mol. The summed E-state index contributed by atoms with van der Waals surface area (Å²) >= 11 is 0. The summed E-state index contributed by atoms with van der Waals surface area (Å²) in [5, 5.41) is 3.74. The number of carbonyl (C=O) groups excluding carboxylic acids is 1. The number of amides is 1. The first-order valence-corrected chi connectivity index (χ1v) is 10.2. The largest absolute Gasteiger partial charge is 0.448 e. The number of hydrogen-bond donors (Lipinski definition) is 1. The van der Waals surface area contributed by atoms with E-state index >= 15 is 0 Å². The van der Waals surface area contributed by atoms with Crippen LogP contribution >= 0.6 is 0 Å². The lowest BCUT2D eigenvalue weighted by Gasteiger charge is -2.15. The minimum absolute atomic E-state index is 0.116. The second-order valence-electron chi connectivity index (χ2n) is 8.08. The predicted octanol–water partition coefficient (Wildman–Crippen LogP) is 4.22. The molecule has 4 aromatic rings. The van der Waals surface area contributed by atoms with Gasteiger partial charge in [-0.15, -0.1) is 0 Å². The molecule has 0 saturated carbocycles. The fourth-order valence-corrected chi connectivity index (χ4v) is 3.67. The molecule has 1 N–H and O–H groups in total. The summed E-state index contributed by atoms with van der Waals surface area (Å²) < 4.78 is 6.94. The van der Waals surface area contributed by atoms with Crippen LogP contribution in [-0.2, 0) is 17.8 Å². The van der Waals surface area contributed by atoms with E-state index < -0.39 is 0 Å². The van der Waals surface area contributed by atoms with Crippen molar-refractivity contribution in [1.82, 2.24) is 14.9 Å². The SMILES string of the molecule is CC(C)Cc1ccc([C@H](C)NC(=O)Cn2cnc3c(oc4ccccc43)c2=O)cc1. The van der Waals surface area contributed by atoms with Crippen LogP contribution < -0.4 is 10.9 Å². The van der Waals surface area contributed by atoms with E-state index in [1.165, 1.54) is 16.5 Å². The van der Waals surface area contributed by atoms with Crippen molar-refractivity contribution in [2.24, 2.45) is 5.92 Å². The second-order valence-corrected chi connectivity index (χ2v) is 8.08. The number of benzene rings is 2. The van der Waals surface area contributed by atoms with Gasteiger partial charge in [0, 0.05) is 5.39 Å². The molecule has 0 fully saturated rings. The highest BCUT2D eigenvalue weighted by molar-refractivity contribution is 6.01. The molecule has 0 bridgehead atoms. The highest BCUT2D eigenvalue weighted by Gasteiger charge is 2.16. The average molecular weight is 403 g/mol. The average Bonchev–Trinajstić information content (AvgIpc) is 3.10. The molecule has 154 valence electrons. The van der Waals surface area contributed by atoms with E-state index in [-0.39, 0.29) is 29.6 Å². The van der Waals surface area contributed by atoms with Crippen LogP contribution in [0.4, 0.5) is 0 Å². The maximum absolute atomic E-state index is 12.8. The Morgan fingerprint density at radius 2 is 1.83 bits per heavy atom. The van der Waals surface area contributed by atoms with Gasteiger partial charge >= 0.3 is 0 Å². The van der Waals surface area contributed by atoms with Gasteiger partial charge in [-0.25, -0.2) is 4.98 Å². The molecule has 30 heavy (non-hydrogen) atoms. The van der Waals surface area contributed by atoms with Gasteiger partial charge in [0.1, 0.15) is 17.6 Å². The Balaban J connectivity index is 1.48. The summed E-state index contributed by atoms with van der Waals surface area (Å²) in [6.07, 6.45) is 2.43. The van der Waals surface area contributed by atoms with E-state index in [2.05, 4.69) is 36.3 Å². The Bertz CT molecular complexity index is 1250. The lowest BCUT2D eigenvalue weighted by Crippen LogP contribution is -2.33. The molecule has 0 aliphatic rings. The first kappa shape index (κ1) is 19.9. The van der Waals surface area contributed by atoms with Crippen LogP contribution in [0.2, 0.25) is 0 Å². The highest BCUT2D eigenvalue weighted by atomic mass is 16.3. The van der Waals surface area contributed by atoms with E-state index in [9.17, 15) is 9.59 Å². The molecule has 0 aliphatic carbocycles. The summed E-state index contributed by atoms with van der Waals surface area (Å²) in [7, 11) is 0. The van der Waals surface area contributed by atoms with E-state index in [0.717, 1.165) is 17.4 Å². The van der Waals surface area contributed by atoms with Crippen molar-refractivity contribution in [1.29, 1.82) is 0 Å². The highest BCUT2D eigenvalue weighted by Crippen LogP contribution is 2.24. The zero-order valence-corrected chi connectivity index (χ0v) is 17.4. The quantitative estimate of drug-likeness (QED) is 0.523. The van der Waals surface area contributed by atoms with Crippen molar-refractivity contribution in [3.05, 3.63) is 76.3 Å². The lowest BCUT2D eigenvalue weighted by atomic mass is 10.00. The van der Waals surface area contributed by atoms with Crippen LogP contribution in [0.1, 0.15) is 37.9 Å². The molecule has 2 aromatic carbocycles. The molecule has 4 rings (SSSR count). The first-order chi connectivity index (χ1) is 14.4. The van der Waals surface area contributed by atoms with Crippen LogP contribution in [-0.4, -0.2) is 15.5 Å². The van der Waals surface area contributed by atoms with Gasteiger partial charge in [-0.3, -0.25) is 14.2 Å². The standard InChI is InChI=1S/C24H25N3O3/c1-15(2)12-17-8-10-18(11-9-17)16(3)26-21(28)13-27-14-25-22-19-6-4-5-7-20(19)30-23(22)24(27)29/h4-11,14-16H,12-13H2,1-3H3,(H,26,28)/t16-/m0/s1. The molecule has 0 unspecified atom stereocenters. The van der Waals surface area contributed by atoms with Gasteiger partial charge in [0.05, 0.1) is 12.4 Å². The third-order valence-corrected chi connectivity index (χ3v) is 5.17. The Morgan fingerprint density at radius 3 is 2.57 bits per heavy atom. The Kier molecular flexibility index (Phi) is 5.40. The van der Waals surface area contributed by atoms with E-state index in [0.29, 0.717) is 17.0 Å². The Labute approximate surface area is 174 Å². The minimum Gasteiger partial charge on any atom is -0.448 e. The van der Waals surface area contributed by atoms with Gasteiger partial charge in [0.25, 0.3) is 5.56 Å². The molecule has 2 aromatic heterocycles. The van der Waals surface area contributed by atoms with Crippen LogP contribution in [0, 0.1) is 5.92 Å². The lowest BCUT2D eigenvalue weighted by molar-refractivity contribution is -0.122. The zero-order valence-electron chi connectivity index (χ0n) is 17.4. The van der Waals surface area contributed by atoms with E-state index in [1.807, 2.05) is 37.3 Å². The van der Waals surface area contributed by atoms with Crippen molar-refractivity contribution in [2.75, 3.05) is 0 Å². The van der Waals surface area contributed by atoms with Crippen molar-refractivity contribution < 1.29 is 9.21 Å². The number of carbonyl (C=O) groups is 1. The smallest absolute Gasteiger partial charge is 0.297 e. The number of fused-ring (bicyclic) bond motifs is 3. The van der Waals surface area contributed by atoms with Crippen molar-refractivity contribution in [3.8, 4) is 0 Å². The summed E-state index contributed by atoms with van der Waals surface area (Å²) in [6.45, 7) is 6.19. The second kappa shape index (κ2) is 8.14. The number of nitrogens with zero attached hydrogens (tertiary/aromatic N) is 2. The fraction of sp³-hybridized carbons (Fsp3) is 0.292. The van der Waals surface area contributed by atoms with Crippen LogP contribution in [0.25, 0.3) is 22.1 Å². The van der Waals surface area contributed by atoms with Gasteiger partial charge in [0.15, 0.2) is 0 Å². The third-order valence-electron chi connectivity index (χ3n) is 5.17. The summed E-state index contributed by atoms with van der Waals surface area (Å²) in [5.74, 6) is 0.345. The Morgan fingerprint density at radius 1 is 1.10 bits per heavy atom. The molecule has 2 heterocycles. The number of hydrogen-bond acceptors (Lipinski definition) is 4. The van der Waals surface area contributed by atoms with Gasteiger partial charge in [0.2, 0.25) is 11.5 Å². The van der Waals surface area contributed by atoms with Gasteiger partial charge < -0.3 is 9.73 Å². The molecule has 6 nitrogen and oxygen atoms in total. The molecule has 1 atom stereocenters. The molecule has 0 saturated heterocycles. The summed E-state index contributed by atoms with van der Waals surface area (Å²) in [5.41, 5.74) is 3.23. The molecule has 1 amide bonds. The first-order valence-electron chi connectivity index (χ1n) is 10.2.